The highest BCUT2D eigenvalue weighted by Gasteiger charge is 2.22. The molecule has 0 radical (unpaired) electrons. The molecule has 1 aliphatic heterocycles. The van der Waals surface area contributed by atoms with Gasteiger partial charge in [0, 0.05) is 13.5 Å². The fraction of sp³-hybridized carbons (Fsp3) is 0.409. The summed E-state index contributed by atoms with van der Waals surface area (Å²) >= 11 is 3.00. The topological polar surface area (TPSA) is 78.3 Å². The van der Waals surface area contributed by atoms with E-state index < -0.39 is 0 Å². The molecule has 3 heterocycles. The number of carbonyl (C=O) groups is 1. The van der Waals surface area contributed by atoms with Crippen LogP contribution in [0.4, 0.5) is 0 Å². The summed E-state index contributed by atoms with van der Waals surface area (Å²) in [6.45, 7) is 5.48. The monoisotopic (exact) mass is 458 g/mol. The fourth-order valence-corrected chi connectivity index (χ4v) is 4.88. The van der Waals surface area contributed by atoms with Gasteiger partial charge in [0.25, 0.3) is 0 Å². The number of aromatic nitrogens is 3. The average molecular weight is 459 g/mol. The van der Waals surface area contributed by atoms with Crippen LogP contribution in [0.25, 0.3) is 10.7 Å². The zero-order valence-corrected chi connectivity index (χ0v) is 19.5. The van der Waals surface area contributed by atoms with Crippen LogP contribution in [0, 0.1) is 5.92 Å². The molecule has 1 N–H and O–H groups in total. The molecule has 3 aromatic rings. The highest BCUT2D eigenvalue weighted by molar-refractivity contribution is 7.99. The fourth-order valence-electron chi connectivity index (χ4n) is 3.41. The zero-order valence-electron chi connectivity index (χ0n) is 17.8. The number of nitrogens with one attached hydrogen (secondary N) is 1. The Morgan fingerprint density at radius 1 is 1.23 bits per heavy atom. The number of hydrogen-bond acceptors (Lipinski definition) is 7. The Labute approximate surface area is 190 Å². The third-order valence-corrected chi connectivity index (χ3v) is 6.91. The lowest BCUT2D eigenvalue weighted by atomic mass is 9.95. The number of ether oxygens (including phenoxy) is 2. The van der Waals surface area contributed by atoms with Crippen molar-refractivity contribution >= 4 is 29.0 Å². The number of carbonyl (C=O) groups excluding carboxylic acids is 1. The smallest absolute Gasteiger partial charge is 0.230 e. The van der Waals surface area contributed by atoms with E-state index in [4.69, 9.17) is 9.47 Å². The molecule has 0 saturated heterocycles. The lowest BCUT2D eigenvalue weighted by molar-refractivity contribution is -0.119. The van der Waals surface area contributed by atoms with E-state index in [1.165, 1.54) is 11.8 Å². The van der Waals surface area contributed by atoms with Crippen LogP contribution in [0.2, 0.25) is 0 Å². The molecule has 0 fully saturated rings. The molecule has 0 aliphatic carbocycles. The first kappa shape index (κ1) is 21.7. The second-order valence-electron chi connectivity index (χ2n) is 7.68. The van der Waals surface area contributed by atoms with Crippen LogP contribution in [-0.4, -0.2) is 39.6 Å². The number of thioether (sulfide) groups is 1. The van der Waals surface area contributed by atoms with Crippen molar-refractivity contribution in [3.8, 4) is 22.2 Å². The molecule has 1 aliphatic rings. The van der Waals surface area contributed by atoms with Crippen LogP contribution in [-0.2, 0) is 11.8 Å². The van der Waals surface area contributed by atoms with Gasteiger partial charge in [-0.15, -0.1) is 21.5 Å². The summed E-state index contributed by atoms with van der Waals surface area (Å²) < 4.78 is 13.5. The van der Waals surface area contributed by atoms with E-state index in [1.807, 2.05) is 47.3 Å². The number of rotatable bonds is 7. The molecule has 1 amide bonds. The number of hydrogen-bond donors (Lipinski definition) is 1. The van der Waals surface area contributed by atoms with E-state index in [1.54, 1.807) is 11.3 Å². The Morgan fingerprint density at radius 3 is 2.77 bits per heavy atom. The van der Waals surface area contributed by atoms with Crippen LogP contribution in [0.1, 0.15) is 31.9 Å². The molecule has 31 heavy (non-hydrogen) atoms. The molecule has 164 valence electrons. The van der Waals surface area contributed by atoms with Gasteiger partial charge in [-0.05, 0) is 35.1 Å². The highest BCUT2D eigenvalue weighted by Crippen LogP contribution is 2.34. The van der Waals surface area contributed by atoms with Crippen molar-refractivity contribution in [3.63, 3.8) is 0 Å². The Morgan fingerprint density at radius 2 is 2.03 bits per heavy atom. The summed E-state index contributed by atoms with van der Waals surface area (Å²) in [7, 11) is 1.92. The Kier molecular flexibility index (Phi) is 6.82. The normalized spacial score (nSPS) is 14.3. The third-order valence-electron chi connectivity index (χ3n) is 5.02. The Balaban J connectivity index is 1.41. The number of fused-ring (bicyclic) bond motifs is 1. The van der Waals surface area contributed by atoms with Crippen LogP contribution >= 0.6 is 23.1 Å². The summed E-state index contributed by atoms with van der Waals surface area (Å²) in [5.74, 6) is 2.75. The molecule has 1 atom stereocenters. The Hall–Kier alpha value is -2.52. The van der Waals surface area contributed by atoms with Crippen molar-refractivity contribution in [1.82, 2.24) is 20.1 Å². The molecule has 4 rings (SSSR count). The molecule has 1 unspecified atom stereocenters. The minimum Gasteiger partial charge on any atom is -0.490 e. The second-order valence-corrected chi connectivity index (χ2v) is 9.57. The summed E-state index contributed by atoms with van der Waals surface area (Å²) in [5, 5.41) is 14.4. The summed E-state index contributed by atoms with van der Waals surface area (Å²) in [6, 6.07) is 9.79. The maximum Gasteiger partial charge on any atom is 0.230 e. The van der Waals surface area contributed by atoms with Gasteiger partial charge in [-0.1, -0.05) is 37.7 Å². The first-order chi connectivity index (χ1) is 15.0. The molecule has 9 heteroatoms. The van der Waals surface area contributed by atoms with Crippen molar-refractivity contribution in [2.24, 2.45) is 13.0 Å². The number of amides is 1. The largest absolute Gasteiger partial charge is 0.490 e. The van der Waals surface area contributed by atoms with Gasteiger partial charge in [0.2, 0.25) is 5.91 Å². The van der Waals surface area contributed by atoms with E-state index in [0.717, 1.165) is 39.3 Å². The highest BCUT2D eigenvalue weighted by atomic mass is 32.2. The van der Waals surface area contributed by atoms with Crippen LogP contribution in [0.3, 0.4) is 0 Å². The van der Waals surface area contributed by atoms with Crippen molar-refractivity contribution in [1.29, 1.82) is 0 Å². The Bertz CT molecular complexity index is 1030. The quantitative estimate of drug-likeness (QED) is 0.532. The summed E-state index contributed by atoms with van der Waals surface area (Å²) in [4.78, 5) is 13.8. The van der Waals surface area contributed by atoms with E-state index in [9.17, 15) is 4.79 Å². The molecular formula is C22H26N4O3S2. The van der Waals surface area contributed by atoms with Gasteiger partial charge in [0.05, 0.1) is 29.9 Å². The number of thiophene rings is 1. The molecule has 0 saturated carbocycles. The average Bonchev–Trinajstić information content (AvgIpc) is 3.34. The molecule has 0 spiro atoms. The lowest BCUT2D eigenvalue weighted by Gasteiger charge is -2.23. The molecular weight excluding hydrogens is 432 g/mol. The van der Waals surface area contributed by atoms with Gasteiger partial charge in [0.15, 0.2) is 22.5 Å². The standard InChI is InChI=1S/C22H26N4O3S2/c1-14(2)20(15-7-8-16-17(12-15)29-10-5-9-28-16)23-19(27)13-31-22-25-24-21(26(22)3)18-6-4-11-30-18/h4,6-8,11-12,14,20H,5,9-10,13H2,1-3H3,(H,23,27). The van der Waals surface area contributed by atoms with Gasteiger partial charge in [0.1, 0.15) is 0 Å². The predicted molar refractivity (Wildman–Crippen MR) is 123 cm³/mol. The van der Waals surface area contributed by atoms with E-state index >= 15 is 0 Å². The van der Waals surface area contributed by atoms with E-state index in [0.29, 0.717) is 13.2 Å². The van der Waals surface area contributed by atoms with Gasteiger partial charge >= 0.3 is 0 Å². The number of benzene rings is 1. The van der Waals surface area contributed by atoms with E-state index in [2.05, 4.69) is 29.4 Å². The van der Waals surface area contributed by atoms with Crippen LogP contribution < -0.4 is 14.8 Å². The summed E-state index contributed by atoms with van der Waals surface area (Å²) in [6.07, 6.45) is 0.863. The van der Waals surface area contributed by atoms with E-state index in [-0.39, 0.29) is 23.6 Å². The number of nitrogens with zero attached hydrogens (tertiary/aromatic N) is 3. The minimum absolute atomic E-state index is 0.0449. The van der Waals surface area contributed by atoms with Gasteiger partial charge in [-0.2, -0.15) is 0 Å². The molecule has 1 aromatic carbocycles. The van der Waals surface area contributed by atoms with Crippen LogP contribution in [0.15, 0.2) is 40.9 Å². The first-order valence-electron chi connectivity index (χ1n) is 10.3. The van der Waals surface area contributed by atoms with Crippen molar-refractivity contribution < 1.29 is 14.3 Å². The third kappa shape index (κ3) is 5.04. The molecule has 0 bridgehead atoms. The first-order valence-corrected chi connectivity index (χ1v) is 12.1. The maximum absolute atomic E-state index is 12.8. The maximum atomic E-state index is 12.8. The predicted octanol–water partition coefficient (Wildman–Crippen LogP) is 4.31. The zero-order chi connectivity index (χ0) is 21.8. The molecule has 2 aromatic heterocycles. The van der Waals surface area contributed by atoms with Crippen LogP contribution in [0.5, 0.6) is 11.5 Å². The van der Waals surface area contributed by atoms with Gasteiger partial charge in [-0.25, -0.2) is 0 Å². The van der Waals surface area contributed by atoms with Crippen molar-refractivity contribution in [2.75, 3.05) is 19.0 Å². The molecule has 7 nitrogen and oxygen atoms in total. The van der Waals surface area contributed by atoms with Gasteiger partial charge < -0.3 is 19.4 Å². The SMILES string of the molecule is CC(C)C(NC(=O)CSc1nnc(-c2cccs2)n1C)c1ccc2c(c1)OCCCO2. The summed E-state index contributed by atoms with van der Waals surface area (Å²) in [5.41, 5.74) is 1.01. The lowest BCUT2D eigenvalue weighted by Crippen LogP contribution is -2.33. The van der Waals surface area contributed by atoms with Crippen molar-refractivity contribution in [2.45, 2.75) is 31.5 Å². The minimum atomic E-state index is -0.119. The van der Waals surface area contributed by atoms with Crippen molar-refractivity contribution in [3.05, 3.63) is 41.3 Å². The second kappa shape index (κ2) is 9.74. The van der Waals surface area contributed by atoms with Gasteiger partial charge in [-0.3, -0.25) is 4.79 Å².